The fraction of sp³-hybridized carbons (Fsp3) is 0. The van der Waals surface area contributed by atoms with E-state index in [2.05, 4.69) is 0 Å². The maximum absolute atomic E-state index is 13.1. The standard InChI is InChI=1S/C20H11ClFNO2S2/c21-13-2-1-3-15(10-13)23-19(24)18(27-20(23)26)11-16-8-9-17(25-16)12-4-6-14(22)7-5-12/h1-11H/b18-11+. The van der Waals surface area contributed by atoms with Gasteiger partial charge in [0.05, 0.1) is 10.6 Å². The van der Waals surface area contributed by atoms with Gasteiger partial charge in [0.15, 0.2) is 4.32 Å². The lowest BCUT2D eigenvalue weighted by Gasteiger charge is -2.14. The zero-order chi connectivity index (χ0) is 19.0. The summed E-state index contributed by atoms with van der Waals surface area (Å²) in [5.74, 6) is 0.565. The lowest BCUT2D eigenvalue weighted by atomic mass is 10.2. The molecule has 0 radical (unpaired) electrons. The number of thioether (sulfide) groups is 1. The van der Waals surface area contributed by atoms with Crippen LogP contribution in [0.25, 0.3) is 17.4 Å². The first kappa shape index (κ1) is 18.0. The van der Waals surface area contributed by atoms with Crippen LogP contribution in [0.1, 0.15) is 5.76 Å². The van der Waals surface area contributed by atoms with Crippen LogP contribution in [-0.4, -0.2) is 10.2 Å². The number of nitrogens with zero attached hydrogens (tertiary/aromatic N) is 1. The van der Waals surface area contributed by atoms with Crippen LogP contribution >= 0.6 is 35.6 Å². The van der Waals surface area contributed by atoms with Crippen molar-refractivity contribution in [2.45, 2.75) is 0 Å². The molecule has 2 heterocycles. The van der Waals surface area contributed by atoms with Crippen LogP contribution in [0.3, 0.4) is 0 Å². The molecule has 1 fully saturated rings. The predicted octanol–water partition coefficient (Wildman–Crippen LogP) is 6.14. The Bertz CT molecular complexity index is 1080. The summed E-state index contributed by atoms with van der Waals surface area (Å²) in [6.45, 7) is 0. The summed E-state index contributed by atoms with van der Waals surface area (Å²) in [6.07, 6.45) is 1.65. The van der Waals surface area contributed by atoms with Crippen molar-refractivity contribution < 1.29 is 13.6 Å². The molecule has 1 aliphatic heterocycles. The molecule has 1 aliphatic rings. The quantitative estimate of drug-likeness (QED) is 0.379. The van der Waals surface area contributed by atoms with Crippen molar-refractivity contribution in [1.29, 1.82) is 0 Å². The van der Waals surface area contributed by atoms with Crippen LogP contribution in [0, 0.1) is 5.82 Å². The lowest BCUT2D eigenvalue weighted by Crippen LogP contribution is -2.27. The van der Waals surface area contributed by atoms with Crippen LogP contribution in [0.4, 0.5) is 10.1 Å². The molecule has 0 unspecified atom stereocenters. The topological polar surface area (TPSA) is 33.5 Å². The van der Waals surface area contributed by atoms with E-state index in [9.17, 15) is 9.18 Å². The number of carbonyl (C=O) groups is 1. The summed E-state index contributed by atoms with van der Waals surface area (Å²) >= 11 is 12.6. The van der Waals surface area contributed by atoms with Crippen LogP contribution in [0.2, 0.25) is 5.02 Å². The number of halogens is 2. The predicted molar refractivity (Wildman–Crippen MR) is 111 cm³/mol. The van der Waals surface area contributed by atoms with Crippen molar-refractivity contribution in [3.8, 4) is 11.3 Å². The highest BCUT2D eigenvalue weighted by molar-refractivity contribution is 8.27. The number of benzene rings is 2. The van der Waals surface area contributed by atoms with Gasteiger partial charge in [0.1, 0.15) is 17.3 Å². The molecule has 2 aromatic carbocycles. The lowest BCUT2D eigenvalue weighted by molar-refractivity contribution is -0.113. The number of furan rings is 1. The van der Waals surface area contributed by atoms with Crippen molar-refractivity contribution in [2.24, 2.45) is 0 Å². The molecule has 1 aromatic heterocycles. The summed E-state index contributed by atoms with van der Waals surface area (Å²) in [5.41, 5.74) is 1.38. The maximum atomic E-state index is 13.1. The van der Waals surface area contributed by atoms with Crippen molar-refractivity contribution >= 4 is 57.6 Å². The van der Waals surface area contributed by atoms with Gasteiger partial charge in [-0.1, -0.05) is 41.6 Å². The summed E-state index contributed by atoms with van der Waals surface area (Å²) < 4.78 is 19.3. The average Bonchev–Trinajstić information content (AvgIpc) is 3.21. The first-order valence-electron chi connectivity index (χ1n) is 7.90. The van der Waals surface area contributed by atoms with E-state index in [1.165, 1.54) is 28.8 Å². The van der Waals surface area contributed by atoms with Crippen molar-refractivity contribution in [3.63, 3.8) is 0 Å². The van der Waals surface area contributed by atoms with Crippen LogP contribution in [0.5, 0.6) is 0 Å². The molecular formula is C20H11ClFNO2S2. The Hall–Kier alpha value is -2.41. The van der Waals surface area contributed by atoms with Crippen molar-refractivity contribution in [1.82, 2.24) is 0 Å². The second kappa shape index (κ2) is 7.31. The summed E-state index contributed by atoms with van der Waals surface area (Å²) in [6, 6.07) is 16.5. The van der Waals surface area contributed by atoms with E-state index < -0.39 is 0 Å². The zero-order valence-electron chi connectivity index (χ0n) is 13.7. The van der Waals surface area contributed by atoms with Gasteiger partial charge < -0.3 is 4.42 Å². The van der Waals surface area contributed by atoms with Gasteiger partial charge in [0, 0.05) is 16.7 Å². The van der Waals surface area contributed by atoms with Gasteiger partial charge in [-0.05, 0) is 54.6 Å². The normalized spacial score (nSPS) is 15.8. The summed E-state index contributed by atoms with van der Waals surface area (Å²) in [7, 11) is 0. The Morgan fingerprint density at radius 3 is 2.63 bits per heavy atom. The van der Waals surface area contributed by atoms with Gasteiger partial charge in [0.2, 0.25) is 0 Å². The molecule has 0 aliphatic carbocycles. The van der Waals surface area contributed by atoms with E-state index in [4.69, 9.17) is 28.2 Å². The van der Waals surface area contributed by atoms with Crippen molar-refractivity contribution in [3.05, 3.63) is 82.2 Å². The van der Waals surface area contributed by atoms with E-state index >= 15 is 0 Å². The summed E-state index contributed by atoms with van der Waals surface area (Å²) in [5, 5.41) is 0.528. The zero-order valence-corrected chi connectivity index (χ0v) is 16.1. The van der Waals surface area contributed by atoms with Gasteiger partial charge in [-0.15, -0.1) is 0 Å². The first-order valence-corrected chi connectivity index (χ1v) is 9.51. The Labute approximate surface area is 169 Å². The highest BCUT2D eigenvalue weighted by Crippen LogP contribution is 2.37. The third kappa shape index (κ3) is 3.69. The monoisotopic (exact) mass is 415 g/mol. The number of amides is 1. The van der Waals surface area contributed by atoms with E-state index in [0.29, 0.717) is 31.5 Å². The van der Waals surface area contributed by atoms with E-state index in [1.807, 2.05) is 0 Å². The molecule has 0 atom stereocenters. The second-order valence-electron chi connectivity index (χ2n) is 5.71. The summed E-state index contributed by atoms with van der Waals surface area (Å²) in [4.78, 5) is 14.7. The third-order valence-corrected chi connectivity index (χ3v) is 5.43. The van der Waals surface area contributed by atoms with Crippen LogP contribution in [-0.2, 0) is 4.79 Å². The van der Waals surface area contributed by atoms with E-state index in [1.54, 1.807) is 54.6 Å². The smallest absolute Gasteiger partial charge is 0.270 e. The van der Waals surface area contributed by atoms with Gasteiger partial charge >= 0.3 is 0 Å². The minimum Gasteiger partial charge on any atom is -0.457 e. The third-order valence-electron chi connectivity index (χ3n) is 3.89. The van der Waals surface area contributed by atoms with E-state index in [-0.39, 0.29) is 11.7 Å². The number of thiocarbonyl (C=S) groups is 1. The molecular weight excluding hydrogens is 405 g/mol. The van der Waals surface area contributed by atoms with Crippen LogP contribution in [0.15, 0.2) is 70.0 Å². The van der Waals surface area contributed by atoms with Gasteiger partial charge in [-0.25, -0.2) is 4.39 Å². The Morgan fingerprint density at radius 2 is 1.89 bits per heavy atom. The highest BCUT2D eigenvalue weighted by atomic mass is 35.5. The molecule has 3 nitrogen and oxygen atoms in total. The largest absolute Gasteiger partial charge is 0.457 e. The number of rotatable bonds is 3. The number of anilines is 1. The molecule has 0 bridgehead atoms. The average molecular weight is 416 g/mol. The number of carbonyl (C=O) groups excluding carboxylic acids is 1. The molecule has 134 valence electrons. The SMILES string of the molecule is O=C1/C(=C\c2ccc(-c3ccc(F)cc3)o2)SC(=S)N1c1cccc(Cl)c1. The first-order chi connectivity index (χ1) is 13.0. The molecule has 27 heavy (non-hydrogen) atoms. The molecule has 4 rings (SSSR count). The molecule has 1 saturated heterocycles. The maximum Gasteiger partial charge on any atom is 0.270 e. The molecule has 0 spiro atoms. The van der Waals surface area contributed by atoms with Crippen molar-refractivity contribution in [2.75, 3.05) is 4.90 Å². The fourth-order valence-electron chi connectivity index (χ4n) is 2.63. The number of hydrogen-bond donors (Lipinski definition) is 0. The molecule has 0 N–H and O–H groups in total. The second-order valence-corrected chi connectivity index (χ2v) is 7.82. The Balaban J connectivity index is 1.61. The van der Waals surface area contributed by atoms with Gasteiger partial charge in [0.25, 0.3) is 5.91 Å². The van der Waals surface area contributed by atoms with E-state index in [0.717, 1.165) is 5.56 Å². The molecule has 3 aromatic rings. The fourth-order valence-corrected chi connectivity index (χ4v) is 4.10. The van der Waals surface area contributed by atoms with Gasteiger partial charge in [-0.2, -0.15) is 0 Å². The minimum atomic E-state index is -0.310. The highest BCUT2D eigenvalue weighted by Gasteiger charge is 2.33. The minimum absolute atomic E-state index is 0.230. The molecule has 1 amide bonds. The van der Waals surface area contributed by atoms with Crippen LogP contribution < -0.4 is 4.90 Å². The Kier molecular flexibility index (Phi) is 4.86. The van der Waals surface area contributed by atoms with Gasteiger partial charge in [-0.3, -0.25) is 9.69 Å². The Morgan fingerprint density at radius 1 is 1.11 bits per heavy atom. The number of hydrogen-bond acceptors (Lipinski definition) is 4. The molecule has 0 saturated carbocycles. The molecule has 7 heteroatoms.